The Morgan fingerprint density at radius 2 is 1.97 bits per heavy atom. The Labute approximate surface area is 195 Å². The Morgan fingerprint density at radius 3 is 2.72 bits per heavy atom. The summed E-state index contributed by atoms with van der Waals surface area (Å²) in [5.74, 6) is 1.75. The van der Waals surface area contributed by atoms with Crippen LogP contribution in [-0.4, -0.2) is 45.7 Å². The minimum atomic E-state index is -0.565. The van der Waals surface area contributed by atoms with Crippen LogP contribution in [0, 0.1) is 11.8 Å². The van der Waals surface area contributed by atoms with Gasteiger partial charge < -0.3 is 15.0 Å². The Bertz CT molecular complexity index is 1110. The van der Waals surface area contributed by atoms with E-state index >= 15 is 0 Å². The molecule has 2 unspecified atom stereocenters. The molecule has 32 heavy (non-hydrogen) atoms. The summed E-state index contributed by atoms with van der Waals surface area (Å²) in [5.41, 5.74) is 4.07. The molecule has 0 spiro atoms. The molecule has 0 saturated heterocycles. The van der Waals surface area contributed by atoms with E-state index in [2.05, 4.69) is 58.3 Å². The van der Waals surface area contributed by atoms with Gasteiger partial charge in [0, 0.05) is 18.9 Å². The average Bonchev–Trinajstić information content (AvgIpc) is 3.23. The molecule has 6 rings (SSSR count). The van der Waals surface area contributed by atoms with Crippen molar-refractivity contribution in [3.8, 4) is 0 Å². The SMILES string of the molecule is CN(CCCc1nc2c(Cl)cccc2[nH]1)CCC1(O)C[C@@H]2CCC1C=C2c1ccccc1. The molecule has 2 N–H and O–H groups in total. The Kier molecular flexibility index (Phi) is 6.11. The Morgan fingerprint density at radius 1 is 1.12 bits per heavy atom. The number of aliphatic hydroxyl groups is 1. The number of hydrogen-bond donors (Lipinski definition) is 2. The van der Waals surface area contributed by atoms with Gasteiger partial charge >= 0.3 is 0 Å². The van der Waals surface area contributed by atoms with E-state index in [4.69, 9.17) is 11.6 Å². The molecule has 3 aromatic rings. The number of allylic oxidation sites excluding steroid dienone is 1. The predicted octanol–water partition coefficient (Wildman–Crippen LogP) is 5.72. The molecule has 4 nitrogen and oxygen atoms in total. The first-order valence-corrected chi connectivity index (χ1v) is 12.2. The lowest BCUT2D eigenvalue weighted by molar-refractivity contribution is -0.0574. The highest BCUT2D eigenvalue weighted by atomic mass is 35.5. The van der Waals surface area contributed by atoms with Crippen molar-refractivity contribution in [2.45, 2.75) is 44.1 Å². The third kappa shape index (κ3) is 4.36. The predicted molar refractivity (Wildman–Crippen MR) is 132 cm³/mol. The van der Waals surface area contributed by atoms with E-state index in [0.717, 1.165) is 62.1 Å². The summed E-state index contributed by atoms with van der Waals surface area (Å²) in [5, 5.41) is 12.2. The smallest absolute Gasteiger partial charge is 0.107 e. The highest BCUT2D eigenvalue weighted by molar-refractivity contribution is 6.34. The van der Waals surface area contributed by atoms with Crippen LogP contribution in [0.5, 0.6) is 0 Å². The lowest BCUT2D eigenvalue weighted by atomic mass is 9.61. The fraction of sp³-hybridized carbons (Fsp3) is 0.444. The minimum absolute atomic E-state index is 0.274. The largest absolute Gasteiger partial charge is 0.389 e. The van der Waals surface area contributed by atoms with E-state index in [0.29, 0.717) is 10.9 Å². The van der Waals surface area contributed by atoms with Crippen LogP contribution in [0.2, 0.25) is 5.02 Å². The van der Waals surface area contributed by atoms with E-state index in [1.54, 1.807) is 0 Å². The third-order valence-electron chi connectivity index (χ3n) is 7.44. The molecule has 0 amide bonds. The molecule has 2 bridgehead atoms. The highest BCUT2D eigenvalue weighted by Gasteiger charge is 2.46. The summed E-state index contributed by atoms with van der Waals surface area (Å²) in [4.78, 5) is 10.4. The van der Waals surface area contributed by atoms with Crippen molar-refractivity contribution in [2.75, 3.05) is 20.1 Å². The summed E-state index contributed by atoms with van der Waals surface area (Å²) >= 11 is 6.24. The van der Waals surface area contributed by atoms with Gasteiger partial charge in [-0.15, -0.1) is 0 Å². The van der Waals surface area contributed by atoms with Crippen molar-refractivity contribution in [2.24, 2.45) is 11.8 Å². The second-order valence-corrected chi connectivity index (χ2v) is 10.1. The van der Waals surface area contributed by atoms with Crippen LogP contribution in [-0.2, 0) is 6.42 Å². The lowest BCUT2D eigenvalue weighted by Gasteiger charge is -2.48. The van der Waals surface area contributed by atoms with Crippen LogP contribution < -0.4 is 0 Å². The van der Waals surface area contributed by atoms with E-state index in [-0.39, 0.29) is 5.92 Å². The molecule has 5 heteroatoms. The number of nitrogens with zero attached hydrogens (tertiary/aromatic N) is 2. The fourth-order valence-electron chi connectivity index (χ4n) is 5.62. The van der Waals surface area contributed by atoms with Crippen molar-refractivity contribution in [1.29, 1.82) is 0 Å². The standard InChI is InChI=1S/C27H32ClN3O/c1-31(15-6-11-25-29-24-10-5-9-23(28)26(24)30-25)16-14-27(32)18-20-12-13-21(27)17-22(20)19-7-3-2-4-8-19/h2-5,7-10,17,20-21,32H,6,11-16,18H2,1H3,(H,29,30)/t20-,21?,27?/m0/s1. The number of halogens is 1. The zero-order valence-corrected chi connectivity index (χ0v) is 19.5. The maximum atomic E-state index is 11.5. The minimum Gasteiger partial charge on any atom is -0.389 e. The van der Waals surface area contributed by atoms with Crippen molar-refractivity contribution in [3.05, 3.63) is 71.0 Å². The normalized spacial score (nSPS) is 24.9. The molecule has 3 aliphatic rings. The summed E-state index contributed by atoms with van der Waals surface area (Å²) < 4.78 is 0. The molecule has 0 aliphatic heterocycles. The van der Waals surface area contributed by atoms with Crippen molar-refractivity contribution < 1.29 is 5.11 Å². The van der Waals surface area contributed by atoms with Gasteiger partial charge in [-0.05, 0) is 74.9 Å². The first kappa shape index (κ1) is 21.7. The Balaban J connectivity index is 1.13. The number of fused-ring (bicyclic) bond motifs is 3. The summed E-state index contributed by atoms with van der Waals surface area (Å²) in [6.07, 6.45) is 8.33. The number of H-pyrrole nitrogens is 1. The van der Waals surface area contributed by atoms with Crippen LogP contribution in [0.1, 0.15) is 43.5 Å². The average molecular weight is 450 g/mol. The number of benzene rings is 2. The third-order valence-corrected chi connectivity index (χ3v) is 7.74. The first-order valence-electron chi connectivity index (χ1n) is 11.8. The van der Waals surface area contributed by atoms with Gasteiger partial charge in [-0.25, -0.2) is 4.98 Å². The summed E-state index contributed by atoms with van der Waals surface area (Å²) in [6, 6.07) is 16.5. The number of nitrogens with one attached hydrogen (secondary N) is 1. The molecule has 0 radical (unpaired) electrons. The van der Waals surface area contributed by atoms with Crippen LogP contribution in [0.15, 0.2) is 54.6 Å². The van der Waals surface area contributed by atoms with E-state index in [1.165, 1.54) is 17.6 Å². The van der Waals surface area contributed by atoms with Crippen molar-refractivity contribution >= 4 is 28.2 Å². The van der Waals surface area contributed by atoms with E-state index < -0.39 is 5.60 Å². The zero-order chi connectivity index (χ0) is 22.1. The fourth-order valence-corrected chi connectivity index (χ4v) is 5.83. The summed E-state index contributed by atoms with van der Waals surface area (Å²) in [7, 11) is 2.16. The summed E-state index contributed by atoms with van der Waals surface area (Å²) in [6.45, 7) is 1.90. The van der Waals surface area contributed by atoms with E-state index in [1.807, 2.05) is 18.2 Å². The van der Waals surface area contributed by atoms with Gasteiger partial charge in [0.1, 0.15) is 11.3 Å². The molecule has 2 aromatic carbocycles. The molecular weight excluding hydrogens is 418 g/mol. The second-order valence-electron chi connectivity index (χ2n) is 9.65. The van der Waals surface area contributed by atoms with E-state index in [9.17, 15) is 5.11 Å². The molecule has 3 aliphatic carbocycles. The van der Waals surface area contributed by atoms with Crippen LogP contribution >= 0.6 is 11.6 Å². The molecular formula is C27H32ClN3O. The molecule has 3 atom stereocenters. The number of para-hydroxylation sites is 1. The highest BCUT2D eigenvalue weighted by Crippen LogP contribution is 2.51. The molecule has 1 fully saturated rings. The second kappa shape index (κ2) is 9.01. The van der Waals surface area contributed by atoms with Gasteiger partial charge in [0.2, 0.25) is 0 Å². The quantitative estimate of drug-likeness (QED) is 0.462. The van der Waals surface area contributed by atoms with Gasteiger partial charge in [-0.1, -0.05) is 54.1 Å². The molecule has 168 valence electrons. The van der Waals surface area contributed by atoms with Gasteiger partial charge in [-0.2, -0.15) is 0 Å². The number of hydrogen-bond acceptors (Lipinski definition) is 3. The number of rotatable bonds is 8. The number of aromatic nitrogens is 2. The number of aromatic amines is 1. The van der Waals surface area contributed by atoms with Crippen LogP contribution in [0.25, 0.3) is 16.6 Å². The van der Waals surface area contributed by atoms with Gasteiger partial charge in [0.05, 0.1) is 16.1 Å². The lowest BCUT2D eigenvalue weighted by Crippen LogP contribution is -2.48. The number of aryl methyl sites for hydroxylation is 1. The molecule has 1 aromatic heterocycles. The maximum absolute atomic E-state index is 11.5. The monoisotopic (exact) mass is 449 g/mol. The zero-order valence-electron chi connectivity index (χ0n) is 18.7. The van der Waals surface area contributed by atoms with Crippen molar-refractivity contribution in [3.63, 3.8) is 0 Å². The van der Waals surface area contributed by atoms with Crippen LogP contribution in [0.4, 0.5) is 0 Å². The van der Waals surface area contributed by atoms with Gasteiger partial charge in [0.15, 0.2) is 0 Å². The van der Waals surface area contributed by atoms with Crippen molar-refractivity contribution in [1.82, 2.24) is 14.9 Å². The van der Waals surface area contributed by atoms with Gasteiger partial charge in [0.25, 0.3) is 0 Å². The topological polar surface area (TPSA) is 52.2 Å². The Hall–Kier alpha value is -2.14. The molecule has 1 saturated carbocycles. The maximum Gasteiger partial charge on any atom is 0.107 e. The number of imidazole rings is 1. The first-order chi connectivity index (χ1) is 15.5. The molecule has 1 heterocycles. The van der Waals surface area contributed by atoms with Crippen LogP contribution in [0.3, 0.4) is 0 Å². The van der Waals surface area contributed by atoms with Gasteiger partial charge in [-0.3, -0.25) is 0 Å².